The fraction of sp³-hybridized carbons (Fsp3) is 0.442. The van der Waals surface area contributed by atoms with Crippen molar-refractivity contribution >= 4 is 23.7 Å². The number of benzene rings is 3. The van der Waals surface area contributed by atoms with E-state index in [4.69, 9.17) is 19.2 Å². The van der Waals surface area contributed by atoms with Crippen molar-refractivity contribution in [3.8, 4) is 33.5 Å². The van der Waals surface area contributed by atoms with Crippen molar-refractivity contribution in [1.29, 1.82) is 0 Å². The van der Waals surface area contributed by atoms with Crippen molar-refractivity contribution < 1.29 is 23.8 Å². The van der Waals surface area contributed by atoms with Crippen LogP contribution in [-0.2, 0) is 19.7 Å². The number of carbonyl (C=O) groups is 2. The van der Waals surface area contributed by atoms with Gasteiger partial charge in [-0.2, -0.15) is 0 Å². The van der Waals surface area contributed by atoms with E-state index in [1.165, 1.54) is 0 Å². The van der Waals surface area contributed by atoms with Crippen LogP contribution < -0.4 is 5.32 Å². The zero-order chi connectivity index (χ0) is 37.8. The van der Waals surface area contributed by atoms with E-state index in [0.29, 0.717) is 26.3 Å². The van der Waals surface area contributed by atoms with Crippen molar-refractivity contribution in [1.82, 2.24) is 19.8 Å². The summed E-state index contributed by atoms with van der Waals surface area (Å²) in [5, 5.41) is 3.62. The summed E-state index contributed by atoms with van der Waals surface area (Å²) in [6.45, 7) is 13.7. The normalized spacial score (nSPS) is 20.6. The highest BCUT2D eigenvalue weighted by molar-refractivity contribution is 6.04. The fourth-order valence-electron chi connectivity index (χ4n) is 7.89. The van der Waals surface area contributed by atoms with Gasteiger partial charge < -0.3 is 24.5 Å². The zero-order valence-electron chi connectivity index (χ0n) is 32.1. The van der Waals surface area contributed by atoms with E-state index >= 15 is 0 Å². The van der Waals surface area contributed by atoms with Crippen molar-refractivity contribution in [2.45, 2.75) is 96.1 Å². The number of hydrogen-bond donors (Lipinski definition) is 2. The Balaban J connectivity index is 0.965. The summed E-state index contributed by atoms with van der Waals surface area (Å²) >= 11 is 0. The molecule has 0 radical (unpaired) electrons. The molecule has 2 atom stereocenters. The van der Waals surface area contributed by atoms with Crippen molar-refractivity contribution in [3.05, 3.63) is 84.3 Å². The molecule has 0 saturated carbocycles. The average Bonchev–Trinajstić information content (AvgIpc) is 3.90. The number of aromatic nitrogens is 2. The van der Waals surface area contributed by atoms with Gasteiger partial charge in [-0.25, -0.2) is 14.6 Å². The summed E-state index contributed by atoms with van der Waals surface area (Å²) in [5.74, 6) is 1.59. The number of imidazole rings is 1. The molecule has 2 amide bonds. The zero-order valence-corrected chi connectivity index (χ0v) is 32.1. The second-order valence-corrected chi connectivity index (χ2v) is 16.9. The molecule has 4 aliphatic heterocycles. The third-order valence-electron chi connectivity index (χ3n) is 10.5. The molecule has 0 bridgehead atoms. The number of fused-ring (bicyclic) bond motifs is 2. The minimum Gasteiger partial charge on any atom is -0.444 e. The van der Waals surface area contributed by atoms with Gasteiger partial charge in [-0.3, -0.25) is 14.8 Å². The van der Waals surface area contributed by atoms with Gasteiger partial charge >= 0.3 is 12.2 Å². The number of hydrogen-bond acceptors (Lipinski definition) is 8. The topological polar surface area (TPSA) is 121 Å². The van der Waals surface area contributed by atoms with E-state index in [1.807, 2.05) is 52.6 Å². The maximum Gasteiger partial charge on any atom is 0.410 e. The van der Waals surface area contributed by atoms with Crippen molar-refractivity contribution in [2.24, 2.45) is 4.99 Å². The lowest BCUT2D eigenvalue weighted by molar-refractivity contribution is -0.0558. The first-order valence-electron chi connectivity index (χ1n) is 19.1. The number of amidine groups is 1. The number of likely N-dealkylation sites (tertiary alicyclic amines) is 2. The molecule has 4 aromatic rings. The van der Waals surface area contributed by atoms with Gasteiger partial charge in [0.2, 0.25) is 0 Å². The molecule has 5 heterocycles. The molecule has 1 aromatic heterocycles. The number of nitrogens with one attached hydrogen (secondary N) is 2. The number of H-pyrrole nitrogens is 1. The maximum absolute atomic E-state index is 13.1. The Bertz CT molecular complexity index is 2070. The van der Waals surface area contributed by atoms with Gasteiger partial charge in [0, 0.05) is 24.3 Å². The van der Waals surface area contributed by atoms with Crippen LogP contribution in [0.3, 0.4) is 0 Å². The molecule has 0 unspecified atom stereocenters. The van der Waals surface area contributed by atoms with Crippen LogP contribution in [0.2, 0.25) is 0 Å². The minimum atomic E-state index is -0.565. The Morgan fingerprint density at radius 3 is 1.81 bits per heavy atom. The van der Waals surface area contributed by atoms with Gasteiger partial charge in [0.15, 0.2) is 0 Å². The minimum absolute atomic E-state index is 0.123. The maximum atomic E-state index is 13.1. The van der Waals surface area contributed by atoms with E-state index in [2.05, 4.69) is 82.0 Å². The quantitative estimate of drug-likeness (QED) is 0.210. The van der Waals surface area contributed by atoms with Crippen LogP contribution in [0.25, 0.3) is 33.5 Å². The van der Waals surface area contributed by atoms with Crippen molar-refractivity contribution in [2.75, 3.05) is 31.6 Å². The molecule has 1 spiro atoms. The number of ether oxygens (including phenoxy) is 3. The molecular weight excluding hydrogens is 681 g/mol. The lowest BCUT2D eigenvalue weighted by Gasteiger charge is -2.44. The van der Waals surface area contributed by atoms with Crippen molar-refractivity contribution in [3.63, 3.8) is 0 Å². The Morgan fingerprint density at radius 1 is 0.741 bits per heavy atom. The number of rotatable bonds is 5. The standard InChI is InChI=1S/C43H50N6O5/c1-41(2,3)53-39(50)48-21-7-9-35(48)37-44-24-34(46-37)30-17-15-28(16-18-30)27-11-13-29(14-12-27)31-19-20-32-33(23-31)45-38(47-43(32)25-52-26-43)36-10-8-22-49(36)40(51)54-42(4,5)6/h11-20,23-24,35-36H,7-10,21-22,25-26H2,1-6H3,(H,44,46)(H,45,47)/t35-,36-/m0/s1. The van der Waals surface area contributed by atoms with Gasteiger partial charge in [0.1, 0.15) is 28.4 Å². The van der Waals surface area contributed by atoms with Crippen LogP contribution >= 0.6 is 0 Å². The highest BCUT2D eigenvalue weighted by Crippen LogP contribution is 2.44. The summed E-state index contributed by atoms with van der Waals surface area (Å²) in [7, 11) is 0. The Morgan fingerprint density at radius 2 is 1.26 bits per heavy atom. The summed E-state index contributed by atoms with van der Waals surface area (Å²) in [6, 6.07) is 23.3. The second kappa shape index (κ2) is 13.6. The van der Waals surface area contributed by atoms with Crippen LogP contribution in [-0.4, -0.2) is 81.3 Å². The molecule has 11 nitrogen and oxygen atoms in total. The fourth-order valence-corrected chi connectivity index (χ4v) is 7.89. The molecule has 0 aliphatic carbocycles. The molecule has 3 fully saturated rings. The molecule has 2 N–H and O–H groups in total. The number of anilines is 1. The first-order valence-corrected chi connectivity index (χ1v) is 19.1. The predicted octanol–water partition coefficient (Wildman–Crippen LogP) is 8.93. The highest BCUT2D eigenvalue weighted by Gasteiger charge is 2.47. The van der Waals surface area contributed by atoms with Gasteiger partial charge in [-0.15, -0.1) is 0 Å². The summed E-state index contributed by atoms with van der Waals surface area (Å²) in [5.41, 5.74) is 6.95. The number of nitrogens with zero attached hydrogens (tertiary/aromatic N) is 4. The monoisotopic (exact) mass is 730 g/mol. The SMILES string of the molecule is CC(C)(C)OC(=O)N1CCC[C@H]1C1=NC2(COC2)c2ccc(-c3ccc(-c4ccc(-c5cnc([C@@H]6CCCN6C(=O)OC(C)(C)C)[nH]5)cc4)cc3)cc2N1. The van der Waals surface area contributed by atoms with E-state index in [1.54, 1.807) is 4.90 Å². The van der Waals surface area contributed by atoms with Gasteiger partial charge in [0.05, 0.1) is 37.2 Å². The highest BCUT2D eigenvalue weighted by atomic mass is 16.6. The smallest absolute Gasteiger partial charge is 0.410 e. The molecule has 11 heteroatoms. The summed E-state index contributed by atoms with van der Waals surface area (Å²) in [4.78, 5) is 42.9. The third-order valence-corrected chi connectivity index (χ3v) is 10.5. The summed E-state index contributed by atoms with van der Waals surface area (Å²) < 4.78 is 17.1. The Kier molecular flexibility index (Phi) is 9.03. The molecule has 54 heavy (non-hydrogen) atoms. The molecule has 4 aliphatic rings. The first-order chi connectivity index (χ1) is 25.8. The van der Waals surface area contributed by atoms with E-state index < -0.39 is 16.7 Å². The van der Waals surface area contributed by atoms with Gasteiger partial charge in [-0.05, 0) is 101 Å². The van der Waals surface area contributed by atoms with Crippen LogP contribution in [0.15, 0.2) is 77.9 Å². The van der Waals surface area contributed by atoms with Gasteiger partial charge in [-0.1, -0.05) is 60.7 Å². The van der Waals surface area contributed by atoms with Gasteiger partial charge in [0.25, 0.3) is 0 Å². The molecule has 8 rings (SSSR count). The van der Waals surface area contributed by atoms with Crippen LogP contribution in [0.5, 0.6) is 0 Å². The lowest BCUT2D eigenvalue weighted by Crippen LogP contribution is -2.53. The van der Waals surface area contributed by atoms with Crippen LogP contribution in [0.1, 0.15) is 84.7 Å². The number of aromatic amines is 1. The Hall–Kier alpha value is -5.16. The third kappa shape index (κ3) is 7.09. The van der Waals surface area contributed by atoms with E-state index in [9.17, 15) is 9.59 Å². The van der Waals surface area contributed by atoms with E-state index in [0.717, 1.165) is 82.1 Å². The Labute approximate surface area is 317 Å². The predicted molar refractivity (Wildman–Crippen MR) is 209 cm³/mol. The summed E-state index contributed by atoms with van der Waals surface area (Å²) in [6.07, 6.45) is 4.74. The molecule has 3 saturated heterocycles. The average molecular weight is 731 g/mol. The number of carbonyl (C=O) groups excluding carboxylic acids is 2. The molecule has 282 valence electrons. The van der Waals surface area contributed by atoms with Crippen LogP contribution in [0, 0.1) is 0 Å². The van der Waals surface area contributed by atoms with E-state index in [-0.39, 0.29) is 24.3 Å². The van der Waals surface area contributed by atoms with Crippen LogP contribution in [0.4, 0.5) is 15.3 Å². The molecular formula is C43H50N6O5. The lowest BCUT2D eigenvalue weighted by atomic mass is 9.84. The number of aliphatic imine (C=N–C) groups is 1. The number of amides is 2. The largest absolute Gasteiger partial charge is 0.444 e. The second-order valence-electron chi connectivity index (χ2n) is 16.9. The first kappa shape index (κ1) is 35.8. The molecule has 3 aromatic carbocycles.